The summed E-state index contributed by atoms with van der Waals surface area (Å²) in [6.45, 7) is 5.08. The molecule has 204 valence electrons. The number of amides is 1. The number of sulfonamides is 1. The van der Waals surface area contributed by atoms with Gasteiger partial charge in [-0.1, -0.05) is 6.07 Å². The summed E-state index contributed by atoms with van der Waals surface area (Å²) in [6.07, 6.45) is 0. The lowest BCUT2D eigenvalue weighted by molar-refractivity contribution is -0.120. The normalized spacial score (nSPS) is 11.9. The zero-order valence-corrected chi connectivity index (χ0v) is 23.5. The summed E-state index contributed by atoms with van der Waals surface area (Å²) in [5.74, 6) is 1.34. The van der Waals surface area contributed by atoms with Gasteiger partial charge in [-0.3, -0.25) is 9.10 Å². The van der Waals surface area contributed by atoms with Crippen molar-refractivity contribution >= 4 is 21.6 Å². The highest BCUT2D eigenvalue weighted by molar-refractivity contribution is 7.92. The van der Waals surface area contributed by atoms with E-state index in [1.165, 1.54) is 39.5 Å². The van der Waals surface area contributed by atoms with Crippen molar-refractivity contribution in [1.29, 1.82) is 0 Å². The molecule has 0 spiro atoms. The number of hydrogen-bond acceptors (Lipinski definition) is 7. The topological polar surface area (TPSA) is 103 Å². The van der Waals surface area contributed by atoms with Crippen LogP contribution in [0.15, 0.2) is 59.5 Å². The zero-order valence-electron chi connectivity index (χ0n) is 22.7. The molecule has 1 amide bonds. The molecule has 0 radical (unpaired) electrons. The lowest BCUT2D eigenvalue weighted by Crippen LogP contribution is -2.41. The Morgan fingerprint density at radius 3 is 2.00 bits per heavy atom. The number of methoxy groups -OCH3 is 4. The number of benzene rings is 3. The second kappa shape index (κ2) is 12.1. The maximum absolute atomic E-state index is 13.9. The molecule has 0 aliphatic rings. The zero-order chi connectivity index (χ0) is 28.0. The van der Waals surface area contributed by atoms with Gasteiger partial charge in [0.15, 0.2) is 11.5 Å². The second-order valence-corrected chi connectivity index (χ2v) is 10.6. The van der Waals surface area contributed by atoms with E-state index in [0.29, 0.717) is 28.5 Å². The van der Waals surface area contributed by atoms with Crippen LogP contribution < -0.4 is 28.6 Å². The van der Waals surface area contributed by atoms with Crippen molar-refractivity contribution in [2.45, 2.75) is 31.7 Å². The van der Waals surface area contributed by atoms with E-state index in [-0.39, 0.29) is 10.6 Å². The molecule has 0 saturated carbocycles. The van der Waals surface area contributed by atoms with Gasteiger partial charge < -0.3 is 24.3 Å². The molecule has 3 aromatic carbocycles. The standard InChI is InChI=1S/C28H34N2O7S/c1-18-12-19(2)14-21(13-18)30(38(32,33)23-9-11-26(36-6)27(16-23)37-7)17-28(31)29-20(3)24-15-22(34-4)8-10-25(24)35-5/h8-16,20H,17H2,1-7H3,(H,29,31). The summed E-state index contributed by atoms with van der Waals surface area (Å²) >= 11 is 0. The molecular weight excluding hydrogens is 508 g/mol. The minimum Gasteiger partial charge on any atom is -0.497 e. The Kier molecular flexibility index (Phi) is 9.11. The van der Waals surface area contributed by atoms with Crippen LogP contribution in [0.25, 0.3) is 0 Å². The second-order valence-electron chi connectivity index (χ2n) is 8.77. The summed E-state index contributed by atoms with van der Waals surface area (Å²) in [7, 11) is 1.82. The molecule has 0 bridgehead atoms. The number of nitrogens with one attached hydrogen (secondary N) is 1. The molecular formula is C28H34N2O7S. The third kappa shape index (κ3) is 6.31. The van der Waals surface area contributed by atoms with E-state index in [9.17, 15) is 13.2 Å². The molecule has 1 unspecified atom stereocenters. The predicted octanol–water partition coefficient (Wildman–Crippen LogP) is 4.41. The van der Waals surface area contributed by atoms with Crippen LogP contribution in [0.4, 0.5) is 5.69 Å². The van der Waals surface area contributed by atoms with E-state index >= 15 is 0 Å². The lowest BCUT2D eigenvalue weighted by Gasteiger charge is -2.26. The van der Waals surface area contributed by atoms with Crippen LogP contribution in [0.2, 0.25) is 0 Å². The van der Waals surface area contributed by atoms with Crippen LogP contribution in [0.5, 0.6) is 23.0 Å². The third-order valence-corrected chi connectivity index (χ3v) is 7.78. The number of anilines is 1. The average Bonchev–Trinajstić information content (AvgIpc) is 2.90. The van der Waals surface area contributed by atoms with Crippen LogP contribution >= 0.6 is 0 Å². The number of nitrogens with zero attached hydrogens (tertiary/aromatic N) is 1. The van der Waals surface area contributed by atoms with Gasteiger partial charge in [0.1, 0.15) is 18.0 Å². The lowest BCUT2D eigenvalue weighted by atomic mass is 10.1. The van der Waals surface area contributed by atoms with E-state index in [4.69, 9.17) is 18.9 Å². The van der Waals surface area contributed by atoms with Gasteiger partial charge in [-0.25, -0.2) is 8.42 Å². The maximum Gasteiger partial charge on any atom is 0.264 e. The third-order valence-electron chi connectivity index (χ3n) is 6.01. The van der Waals surface area contributed by atoms with Crippen molar-refractivity contribution in [2.24, 2.45) is 0 Å². The highest BCUT2D eigenvalue weighted by Gasteiger charge is 2.29. The minimum absolute atomic E-state index is 0.0374. The Hall–Kier alpha value is -3.92. The molecule has 0 aliphatic heterocycles. The summed E-state index contributed by atoms with van der Waals surface area (Å²) in [4.78, 5) is 13.3. The Balaban J connectivity index is 2.00. The largest absolute Gasteiger partial charge is 0.497 e. The van der Waals surface area contributed by atoms with E-state index in [1.807, 2.05) is 19.9 Å². The van der Waals surface area contributed by atoms with Crippen LogP contribution in [0, 0.1) is 13.8 Å². The van der Waals surface area contributed by atoms with Gasteiger partial charge in [-0.15, -0.1) is 0 Å². The number of carbonyl (C=O) groups is 1. The van der Waals surface area contributed by atoms with E-state index in [1.54, 1.807) is 44.4 Å². The molecule has 1 N–H and O–H groups in total. The van der Waals surface area contributed by atoms with Crippen molar-refractivity contribution < 1.29 is 32.2 Å². The molecule has 0 saturated heterocycles. The first-order valence-electron chi connectivity index (χ1n) is 11.9. The number of carbonyl (C=O) groups excluding carboxylic acids is 1. The molecule has 1 atom stereocenters. The van der Waals surface area contributed by atoms with Crippen molar-refractivity contribution in [2.75, 3.05) is 39.3 Å². The van der Waals surface area contributed by atoms with Crippen LogP contribution in [0.1, 0.15) is 29.7 Å². The van der Waals surface area contributed by atoms with Crippen molar-refractivity contribution in [1.82, 2.24) is 5.32 Å². The number of rotatable bonds is 11. The Labute approximate surface area is 224 Å². The molecule has 0 aromatic heterocycles. The van der Waals surface area contributed by atoms with Gasteiger partial charge in [0, 0.05) is 11.6 Å². The monoisotopic (exact) mass is 542 g/mol. The number of ether oxygens (including phenoxy) is 4. The van der Waals surface area contributed by atoms with Crippen molar-refractivity contribution in [3.8, 4) is 23.0 Å². The smallest absolute Gasteiger partial charge is 0.264 e. The fraction of sp³-hybridized carbons (Fsp3) is 0.321. The van der Waals surface area contributed by atoms with E-state index < -0.39 is 28.5 Å². The quantitative estimate of drug-likeness (QED) is 0.383. The molecule has 3 rings (SSSR count). The Morgan fingerprint density at radius 2 is 1.42 bits per heavy atom. The van der Waals surface area contributed by atoms with Crippen molar-refractivity contribution in [3.63, 3.8) is 0 Å². The fourth-order valence-corrected chi connectivity index (χ4v) is 5.61. The highest BCUT2D eigenvalue weighted by Crippen LogP contribution is 2.33. The van der Waals surface area contributed by atoms with Crippen LogP contribution in [-0.2, 0) is 14.8 Å². The maximum atomic E-state index is 13.9. The highest BCUT2D eigenvalue weighted by atomic mass is 32.2. The molecule has 10 heteroatoms. The van der Waals surface area contributed by atoms with Gasteiger partial charge >= 0.3 is 0 Å². The van der Waals surface area contributed by atoms with Gasteiger partial charge in [-0.05, 0) is 74.4 Å². The predicted molar refractivity (Wildman–Crippen MR) is 146 cm³/mol. The van der Waals surface area contributed by atoms with Gasteiger partial charge in [0.2, 0.25) is 5.91 Å². The average molecular weight is 543 g/mol. The van der Waals surface area contributed by atoms with Gasteiger partial charge in [-0.2, -0.15) is 0 Å². The first-order chi connectivity index (χ1) is 18.0. The summed E-state index contributed by atoms with van der Waals surface area (Å²) in [6, 6.07) is 14.5. The van der Waals surface area contributed by atoms with E-state index in [0.717, 1.165) is 15.4 Å². The molecule has 0 fully saturated rings. The minimum atomic E-state index is -4.17. The van der Waals surface area contributed by atoms with Gasteiger partial charge in [0.05, 0.1) is 45.1 Å². The first kappa shape index (κ1) is 28.6. The molecule has 3 aromatic rings. The summed E-state index contributed by atoms with van der Waals surface area (Å²) in [5.41, 5.74) is 2.80. The summed E-state index contributed by atoms with van der Waals surface area (Å²) < 4.78 is 50.2. The number of hydrogen-bond donors (Lipinski definition) is 1. The number of aryl methyl sites for hydroxylation is 2. The molecule has 9 nitrogen and oxygen atoms in total. The summed E-state index contributed by atoms with van der Waals surface area (Å²) in [5, 5.41) is 2.89. The van der Waals surface area contributed by atoms with Gasteiger partial charge in [0.25, 0.3) is 10.0 Å². The molecule has 0 heterocycles. The SMILES string of the molecule is COc1ccc(OC)c(C(C)NC(=O)CN(c2cc(C)cc(C)c2)S(=O)(=O)c2ccc(OC)c(OC)c2)c1. The molecule has 38 heavy (non-hydrogen) atoms. The molecule has 0 aliphatic carbocycles. The first-order valence-corrected chi connectivity index (χ1v) is 13.3. The van der Waals surface area contributed by atoms with Crippen molar-refractivity contribution in [3.05, 3.63) is 71.3 Å². The Bertz CT molecular complexity index is 1390. The van der Waals surface area contributed by atoms with E-state index in [2.05, 4.69) is 5.32 Å². The Morgan fingerprint density at radius 1 is 0.816 bits per heavy atom. The fourth-order valence-electron chi connectivity index (χ4n) is 4.19. The van der Waals surface area contributed by atoms with Crippen LogP contribution in [0.3, 0.4) is 0 Å². The van der Waals surface area contributed by atoms with Crippen LogP contribution in [-0.4, -0.2) is 49.3 Å².